The predicted molar refractivity (Wildman–Crippen MR) is 72.4 cm³/mol. The van der Waals surface area contributed by atoms with Crippen molar-refractivity contribution in [3.63, 3.8) is 0 Å². The maximum absolute atomic E-state index is 13.5. The van der Waals surface area contributed by atoms with Crippen molar-refractivity contribution in [1.82, 2.24) is 0 Å². The van der Waals surface area contributed by atoms with Crippen LogP contribution >= 0.6 is 15.9 Å². The van der Waals surface area contributed by atoms with E-state index >= 15 is 0 Å². The van der Waals surface area contributed by atoms with Gasteiger partial charge >= 0.3 is 0 Å². The lowest BCUT2D eigenvalue weighted by Gasteiger charge is -2.18. The first kappa shape index (κ1) is 13.0. The third-order valence-electron chi connectivity index (χ3n) is 3.76. The van der Waals surface area contributed by atoms with Crippen molar-refractivity contribution >= 4 is 15.9 Å². The first-order valence-corrected chi connectivity index (χ1v) is 7.15. The quantitative estimate of drug-likeness (QED) is 0.892. The van der Waals surface area contributed by atoms with Gasteiger partial charge in [-0.1, -0.05) is 28.8 Å². The topological polar surface area (TPSA) is 26.0 Å². The van der Waals surface area contributed by atoms with Gasteiger partial charge in [0.05, 0.1) is 0 Å². The largest absolute Gasteiger partial charge is 0.327 e. The van der Waals surface area contributed by atoms with Crippen LogP contribution in [0.3, 0.4) is 0 Å². The van der Waals surface area contributed by atoms with Crippen molar-refractivity contribution < 1.29 is 4.39 Å². The Bertz CT molecular complexity index is 374. The molecule has 0 bridgehead atoms. The molecular weight excluding hydrogens is 281 g/mol. The molecule has 0 aromatic heterocycles. The van der Waals surface area contributed by atoms with Gasteiger partial charge in [-0.05, 0) is 55.4 Å². The van der Waals surface area contributed by atoms with Crippen LogP contribution in [0.1, 0.15) is 37.7 Å². The molecule has 17 heavy (non-hydrogen) atoms. The Balaban J connectivity index is 1.90. The Morgan fingerprint density at radius 3 is 2.76 bits per heavy atom. The number of rotatable bonds is 4. The number of hydrogen-bond donors (Lipinski definition) is 1. The Morgan fingerprint density at radius 1 is 1.35 bits per heavy atom. The zero-order chi connectivity index (χ0) is 12.3. The van der Waals surface area contributed by atoms with Gasteiger partial charge in [-0.2, -0.15) is 0 Å². The molecule has 3 heteroatoms. The van der Waals surface area contributed by atoms with E-state index in [-0.39, 0.29) is 11.9 Å². The standard InChI is InChI=1S/C14H19BrFN/c15-12-6-7-13(16)11(9-12)5-8-14(17)10-3-1-2-4-10/h6-7,9-10,14H,1-5,8,17H2. The molecule has 0 saturated heterocycles. The lowest BCUT2D eigenvalue weighted by atomic mass is 9.93. The van der Waals surface area contributed by atoms with Gasteiger partial charge in [0, 0.05) is 10.5 Å². The van der Waals surface area contributed by atoms with Crippen LogP contribution in [0.5, 0.6) is 0 Å². The zero-order valence-electron chi connectivity index (χ0n) is 9.96. The Kier molecular flexibility index (Phi) is 4.57. The van der Waals surface area contributed by atoms with Crippen LogP contribution in [0.25, 0.3) is 0 Å². The minimum absolute atomic E-state index is 0.119. The summed E-state index contributed by atoms with van der Waals surface area (Å²) in [6, 6.07) is 5.34. The summed E-state index contributed by atoms with van der Waals surface area (Å²) in [4.78, 5) is 0. The van der Waals surface area contributed by atoms with Gasteiger partial charge in [-0.25, -0.2) is 4.39 Å². The highest BCUT2D eigenvalue weighted by atomic mass is 79.9. The van der Waals surface area contributed by atoms with Crippen molar-refractivity contribution in [2.45, 2.75) is 44.6 Å². The predicted octanol–water partition coefficient (Wildman–Crippen LogP) is 4.04. The Morgan fingerprint density at radius 2 is 2.06 bits per heavy atom. The van der Waals surface area contributed by atoms with Crippen LogP contribution in [0.2, 0.25) is 0 Å². The molecule has 1 aromatic rings. The molecule has 0 spiro atoms. The normalized spacial score (nSPS) is 18.5. The highest BCUT2D eigenvalue weighted by Gasteiger charge is 2.21. The first-order valence-electron chi connectivity index (χ1n) is 6.36. The fourth-order valence-corrected chi connectivity index (χ4v) is 3.09. The molecule has 0 heterocycles. The highest BCUT2D eigenvalue weighted by molar-refractivity contribution is 9.10. The summed E-state index contributed by atoms with van der Waals surface area (Å²) in [5, 5.41) is 0. The molecule has 1 aliphatic carbocycles. The lowest BCUT2D eigenvalue weighted by Crippen LogP contribution is -2.28. The molecule has 1 unspecified atom stereocenters. The van der Waals surface area contributed by atoms with Gasteiger partial charge < -0.3 is 5.73 Å². The summed E-state index contributed by atoms with van der Waals surface area (Å²) in [7, 11) is 0. The molecule has 2 rings (SSSR count). The molecule has 0 aliphatic heterocycles. The maximum Gasteiger partial charge on any atom is 0.126 e. The van der Waals surface area contributed by atoms with E-state index in [4.69, 9.17) is 5.73 Å². The van der Waals surface area contributed by atoms with Gasteiger partial charge in [0.1, 0.15) is 5.82 Å². The second-order valence-electron chi connectivity index (χ2n) is 4.98. The van der Waals surface area contributed by atoms with Crippen molar-refractivity contribution in [1.29, 1.82) is 0 Å². The molecule has 2 N–H and O–H groups in total. The van der Waals surface area contributed by atoms with E-state index in [1.165, 1.54) is 31.7 Å². The van der Waals surface area contributed by atoms with Crippen LogP contribution in [-0.4, -0.2) is 6.04 Å². The summed E-state index contributed by atoms with van der Waals surface area (Å²) in [6.45, 7) is 0. The van der Waals surface area contributed by atoms with Crippen LogP contribution < -0.4 is 5.73 Å². The van der Waals surface area contributed by atoms with E-state index in [1.807, 2.05) is 6.07 Å². The van der Waals surface area contributed by atoms with Crippen LogP contribution in [-0.2, 0) is 6.42 Å². The van der Waals surface area contributed by atoms with Crippen LogP contribution in [0.15, 0.2) is 22.7 Å². The van der Waals surface area contributed by atoms with Crippen LogP contribution in [0, 0.1) is 11.7 Å². The number of hydrogen-bond acceptors (Lipinski definition) is 1. The zero-order valence-corrected chi connectivity index (χ0v) is 11.5. The van der Waals surface area contributed by atoms with Crippen molar-refractivity contribution in [3.8, 4) is 0 Å². The second kappa shape index (κ2) is 5.96. The van der Waals surface area contributed by atoms with Crippen molar-refractivity contribution in [3.05, 3.63) is 34.1 Å². The number of aryl methyl sites for hydroxylation is 1. The lowest BCUT2D eigenvalue weighted by molar-refractivity contribution is 0.408. The summed E-state index contributed by atoms with van der Waals surface area (Å²) in [5.74, 6) is 0.539. The average Bonchev–Trinajstić information content (AvgIpc) is 2.83. The van der Waals surface area contributed by atoms with Crippen LogP contribution in [0.4, 0.5) is 4.39 Å². The molecule has 1 fully saturated rings. The molecule has 1 nitrogen and oxygen atoms in total. The number of nitrogens with two attached hydrogens (primary N) is 1. The summed E-state index contributed by atoms with van der Waals surface area (Å²) in [6.07, 6.45) is 6.75. The van der Waals surface area contributed by atoms with E-state index < -0.39 is 0 Å². The van der Waals surface area contributed by atoms with Gasteiger partial charge in [-0.15, -0.1) is 0 Å². The Labute approximate surface area is 111 Å². The van der Waals surface area contributed by atoms with Crippen molar-refractivity contribution in [2.75, 3.05) is 0 Å². The molecule has 1 aliphatic rings. The van der Waals surface area contributed by atoms with Gasteiger partial charge in [-0.3, -0.25) is 0 Å². The second-order valence-corrected chi connectivity index (χ2v) is 5.90. The molecule has 1 atom stereocenters. The summed E-state index contributed by atoms with van der Waals surface area (Å²) < 4.78 is 14.5. The third-order valence-corrected chi connectivity index (χ3v) is 4.25. The highest BCUT2D eigenvalue weighted by Crippen LogP contribution is 2.29. The molecule has 1 aromatic carbocycles. The number of halogens is 2. The first-order chi connectivity index (χ1) is 8.16. The molecule has 1 saturated carbocycles. The fraction of sp³-hybridized carbons (Fsp3) is 0.571. The third kappa shape index (κ3) is 3.52. The minimum atomic E-state index is -0.119. The molecular formula is C14H19BrFN. The fourth-order valence-electron chi connectivity index (χ4n) is 2.68. The minimum Gasteiger partial charge on any atom is -0.327 e. The van der Waals surface area contributed by atoms with Gasteiger partial charge in [0.15, 0.2) is 0 Å². The maximum atomic E-state index is 13.5. The van der Waals surface area contributed by atoms with E-state index in [1.54, 1.807) is 6.07 Å². The number of benzene rings is 1. The molecule has 0 amide bonds. The smallest absolute Gasteiger partial charge is 0.126 e. The molecule has 0 radical (unpaired) electrons. The van der Waals surface area contributed by atoms with Gasteiger partial charge in [0.25, 0.3) is 0 Å². The summed E-state index contributed by atoms with van der Waals surface area (Å²) >= 11 is 3.37. The average molecular weight is 300 g/mol. The Hall–Kier alpha value is -0.410. The van der Waals surface area contributed by atoms with E-state index in [2.05, 4.69) is 15.9 Å². The van der Waals surface area contributed by atoms with E-state index in [9.17, 15) is 4.39 Å². The van der Waals surface area contributed by atoms with Crippen molar-refractivity contribution in [2.24, 2.45) is 11.7 Å². The SMILES string of the molecule is NC(CCc1cc(Br)ccc1F)C1CCCC1. The monoisotopic (exact) mass is 299 g/mol. The van der Waals surface area contributed by atoms with E-state index in [0.29, 0.717) is 5.92 Å². The van der Waals surface area contributed by atoms with E-state index in [0.717, 1.165) is 22.9 Å². The van der Waals surface area contributed by atoms with Gasteiger partial charge in [0.2, 0.25) is 0 Å². The molecule has 94 valence electrons. The summed E-state index contributed by atoms with van der Waals surface area (Å²) in [5.41, 5.74) is 6.95.